The summed E-state index contributed by atoms with van der Waals surface area (Å²) in [5, 5.41) is 0.285. The first-order valence-corrected chi connectivity index (χ1v) is 14.0. The van der Waals surface area contributed by atoms with Gasteiger partial charge in [0.2, 0.25) is 0 Å². The molecule has 0 aliphatic heterocycles. The van der Waals surface area contributed by atoms with Crippen LogP contribution < -0.4 is 0 Å². The molecule has 0 aliphatic rings. The molecular formula is C26H48OSi. The van der Waals surface area contributed by atoms with Crippen LogP contribution >= 0.6 is 0 Å². The van der Waals surface area contributed by atoms with Crippen molar-refractivity contribution in [1.29, 1.82) is 0 Å². The van der Waals surface area contributed by atoms with E-state index >= 15 is 0 Å². The third-order valence-electron chi connectivity index (χ3n) is 5.84. The van der Waals surface area contributed by atoms with E-state index in [0.717, 1.165) is 25.9 Å². The zero-order valence-corrected chi connectivity index (χ0v) is 21.7. The first-order chi connectivity index (χ1) is 12.8. The zero-order valence-electron chi connectivity index (χ0n) is 20.7. The van der Waals surface area contributed by atoms with Gasteiger partial charge in [0.05, 0.1) is 6.61 Å². The maximum Gasteiger partial charge on any atom is 0.192 e. The Morgan fingerprint density at radius 1 is 0.679 bits per heavy atom. The first-order valence-electron chi connectivity index (χ1n) is 11.1. The largest absolute Gasteiger partial charge is 0.413 e. The molecule has 0 unspecified atom stereocenters. The van der Waals surface area contributed by atoms with Crippen molar-refractivity contribution in [3.8, 4) is 0 Å². The molecule has 0 spiro atoms. The number of hydrogen-bond donors (Lipinski definition) is 0. The van der Waals surface area contributed by atoms with Gasteiger partial charge < -0.3 is 4.43 Å². The molecule has 0 saturated carbocycles. The van der Waals surface area contributed by atoms with Gasteiger partial charge >= 0.3 is 0 Å². The first kappa shape index (κ1) is 27.1. The van der Waals surface area contributed by atoms with Crippen LogP contribution in [-0.2, 0) is 4.43 Å². The van der Waals surface area contributed by atoms with Crippen LogP contribution in [0.4, 0.5) is 0 Å². The highest BCUT2D eigenvalue weighted by molar-refractivity contribution is 6.74. The molecule has 2 heteroatoms. The van der Waals surface area contributed by atoms with Crippen molar-refractivity contribution in [3.05, 3.63) is 46.6 Å². The lowest BCUT2D eigenvalue weighted by Crippen LogP contribution is -2.40. The lowest BCUT2D eigenvalue weighted by molar-refractivity contribution is 0.327. The average molecular weight is 405 g/mol. The van der Waals surface area contributed by atoms with Crippen molar-refractivity contribution in [2.45, 2.75) is 112 Å². The third kappa shape index (κ3) is 13.3. The average Bonchev–Trinajstić information content (AvgIpc) is 2.53. The van der Waals surface area contributed by atoms with Crippen molar-refractivity contribution in [2.24, 2.45) is 0 Å². The molecule has 0 saturated heterocycles. The molecule has 0 aromatic rings. The summed E-state index contributed by atoms with van der Waals surface area (Å²) in [6, 6.07) is 0. The van der Waals surface area contributed by atoms with Crippen LogP contribution in [0.25, 0.3) is 0 Å². The van der Waals surface area contributed by atoms with Gasteiger partial charge in [0, 0.05) is 0 Å². The Balaban J connectivity index is 4.18. The van der Waals surface area contributed by atoms with Crippen molar-refractivity contribution >= 4 is 8.32 Å². The van der Waals surface area contributed by atoms with Gasteiger partial charge in [-0.1, -0.05) is 67.4 Å². The van der Waals surface area contributed by atoms with E-state index in [1.807, 2.05) is 0 Å². The number of allylic oxidation sites excluding steroid dienone is 7. The lowest BCUT2D eigenvalue weighted by atomic mass is 10.0. The summed E-state index contributed by atoms with van der Waals surface area (Å²) >= 11 is 0. The van der Waals surface area contributed by atoms with Gasteiger partial charge in [0.25, 0.3) is 0 Å². The molecule has 162 valence electrons. The summed E-state index contributed by atoms with van der Waals surface area (Å²) in [7, 11) is -1.62. The Labute approximate surface area is 178 Å². The summed E-state index contributed by atoms with van der Waals surface area (Å²) in [5.41, 5.74) is 5.89. The van der Waals surface area contributed by atoms with E-state index in [-0.39, 0.29) is 5.04 Å². The van der Waals surface area contributed by atoms with Crippen LogP contribution in [0, 0.1) is 0 Å². The van der Waals surface area contributed by atoms with Gasteiger partial charge in [0.15, 0.2) is 8.32 Å². The van der Waals surface area contributed by atoms with Crippen molar-refractivity contribution in [1.82, 2.24) is 0 Å². The fourth-order valence-electron chi connectivity index (χ4n) is 2.60. The molecule has 0 heterocycles. The van der Waals surface area contributed by atoms with Gasteiger partial charge in [-0.05, 0) is 91.3 Å². The Morgan fingerprint density at radius 2 is 1.07 bits per heavy atom. The van der Waals surface area contributed by atoms with Gasteiger partial charge in [0.1, 0.15) is 0 Å². The fourth-order valence-corrected chi connectivity index (χ4v) is 3.53. The minimum absolute atomic E-state index is 0.285. The molecule has 0 bridgehead atoms. The molecule has 0 radical (unpaired) electrons. The van der Waals surface area contributed by atoms with Crippen molar-refractivity contribution in [3.63, 3.8) is 0 Å². The molecule has 0 amide bonds. The standard InChI is InChI=1S/C26H48OSi/c1-22(2)14-11-15-23(3)16-12-17-24(4)18-13-19-25(5)20-21-27-28(9,10)26(6,7)8/h14,16,18,20H,11-13,15,17,19,21H2,1-10H3/b23-16+,24-18+,25-20+. The molecule has 0 aromatic heterocycles. The zero-order chi connectivity index (χ0) is 21.8. The second-order valence-corrected chi connectivity index (χ2v) is 14.9. The van der Waals surface area contributed by atoms with E-state index in [0.29, 0.717) is 0 Å². The molecule has 0 rings (SSSR count). The number of rotatable bonds is 12. The Hall–Kier alpha value is -0.863. The maximum absolute atomic E-state index is 6.25. The van der Waals surface area contributed by atoms with E-state index in [4.69, 9.17) is 4.43 Å². The third-order valence-corrected chi connectivity index (χ3v) is 10.3. The highest BCUT2D eigenvalue weighted by atomic mass is 28.4. The molecule has 1 nitrogen and oxygen atoms in total. The SMILES string of the molecule is CC(C)=CCC/C(C)=C/CC/C(C)=C/CC/C(C)=C/CO[Si](C)(C)C(C)(C)C. The normalized spacial score (nSPS) is 14.4. The van der Waals surface area contributed by atoms with Gasteiger partial charge in [-0.25, -0.2) is 0 Å². The Bertz CT molecular complexity index is 564. The van der Waals surface area contributed by atoms with E-state index in [2.05, 4.69) is 92.8 Å². The molecule has 0 aromatic carbocycles. The highest BCUT2D eigenvalue weighted by Gasteiger charge is 2.36. The summed E-state index contributed by atoms with van der Waals surface area (Å²) in [6.45, 7) is 23.4. The Kier molecular flexibility index (Phi) is 13.0. The molecule has 0 fully saturated rings. The molecular weight excluding hydrogens is 356 g/mol. The van der Waals surface area contributed by atoms with E-state index < -0.39 is 8.32 Å². The van der Waals surface area contributed by atoms with Crippen LogP contribution in [0.2, 0.25) is 18.1 Å². The highest BCUT2D eigenvalue weighted by Crippen LogP contribution is 2.36. The monoisotopic (exact) mass is 404 g/mol. The summed E-state index contributed by atoms with van der Waals surface area (Å²) < 4.78 is 6.25. The van der Waals surface area contributed by atoms with Gasteiger partial charge in [-0.2, -0.15) is 0 Å². The fraction of sp³-hybridized carbons (Fsp3) is 0.692. The lowest BCUT2D eigenvalue weighted by Gasteiger charge is -2.35. The van der Waals surface area contributed by atoms with Crippen LogP contribution in [-0.4, -0.2) is 14.9 Å². The maximum atomic E-state index is 6.25. The second kappa shape index (κ2) is 13.4. The predicted octanol–water partition coefficient (Wildman–Crippen LogP) is 9.15. The van der Waals surface area contributed by atoms with Crippen LogP contribution in [0.5, 0.6) is 0 Å². The van der Waals surface area contributed by atoms with Crippen molar-refractivity contribution < 1.29 is 4.43 Å². The second-order valence-electron chi connectivity index (χ2n) is 10.1. The number of hydrogen-bond acceptors (Lipinski definition) is 1. The molecule has 0 atom stereocenters. The topological polar surface area (TPSA) is 9.23 Å². The van der Waals surface area contributed by atoms with E-state index in [1.165, 1.54) is 41.6 Å². The van der Waals surface area contributed by atoms with E-state index in [9.17, 15) is 0 Å². The Morgan fingerprint density at radius 3 is 1.46 bits per heavy atom. The smallest absolute Gasteiger partial charge is 0.192 e. The quantitative estimate of drug-likeness (QED) is 0.233. The molecule has 28 heavy (non-hydrogen) atoms. The van der Waals surface area contributed by atoms with Crippen LogP contribution in [0.3, 0.4) is 0 Å². The van der Waals surface area contributed by atoms with E-state index in [1.54, 1.807) is 0 Å². The predicted molar refractivity (Wildman–Crippen MR) is 132 cm³/mol. The molecule has 0 aliphatic carbocycles. The van der Waals surface area contributed by atoms with Crippen LogP contribution in [0.15, 0.2) is 46.6 Å². The van der Waals surface area contributed by atoms with Gasteiger partial charge in [-0.3, -0.25) is 0 Å². The summed E-state index contributed by atoms with van der Waals surface area (Å²) in [4.78, 5) is 0. The summed E-state index contributed by atoms with van der Waals surface area (Å²) in [6.07, 6.45) is 16.4. The minimum atomic E-state index is -1.62. The minimum Gasteiger partial charge on any atom is -0.413 e. The molecule has 0 N–H and O–H groups in total. The van der Waals surface area contributed by atoms with Gasteiger partial charge in [-0.15, -0.1) is 0 Å². The van der Waals surface area contributed by atoms with Crippen LogP contribution in [0.1, 0.15) is 93.9 Å². The summed E-state index contributed by atoms with van der Waals surface area (Å²) in [5.74, 6) is 0. The van der Waals surface area contributed by atoms with Crippen molar-refractivity contribution in [2.75, 3.05) is 6.61 Å².